The highest BCUT2D eigenvalue weighted by molar-refractivity contribution is 5.67. The van der Waals surface area contributed by atoms with Crippen LogP contribution in [0.5, 0.6) is 0 Å². The summed E-state index contributed by atoms with van der Waals surface area (Å²) in [7, 11) is 0. The second-order valence-corrected chi connectivity index (χ2v) is 4.29. The van der Waals surface area contributed by atoms with Gasteiger partial charge in [-0.3, -0.25) is 4.79 Å². The van der Waals surface area contributed by atoms with E-state index in [2.05, 4.69) is 6.92 Å². The van der Waals surface area contributed by atoms with E-state index in [4.69, 9.17) is 4.74 Å². The number of unbranched alkanes of at least 4 members (excludes halogenated alkanes) is 5. The van der Waals surface area contributed by atoms with Crippen LogP contribution in [0.25, 0.3) is 0 Å². The first-order valence-electron chi connectivity index (χ1n) is 6.88. The highest BCUT2D eigenvalue weighted by Gasteiger charge is 1.97. The van der Waals surface area contributed by atoms with Crippen LogP contribution >= 0.6 is 0 Å². The van der Waals surface area contributed by atoms with Crippen LogP contribution in [0, 0.1) is 0 Å². The summed E-state index contributed by atoms with van der Waals surface area (Å²) in [5.74, 6) is 0.383. The average Bonchev–Trinajstić information content (AvgIpc) is 2.33. The number of carbonyl (C=O) groups excluding carboxylic acids is 1. The minimum absolute atomic E-state index is 0.266. The molecule has 0 unspecified atom stereocenters. The van der Waals surface area contributed by atoms with Crippen molar-refractivity contribution < 1.29 is 9.53 Å². The third-order valence-electron chi connectivity index (χ3n) is 2.48. The van der Waals surface area contributed by atoms with E-state index in [1.165, 1.54) is 32.6 Å². The van der Waals surface area contributed by atoms with Gasteiger partial charge in [-0.15, -0.1) is 0 Å². The Morgan fingerprint density at radius 2 is 1.83 bits per heavy atom. The topological polar surface area (TPSA) is 26.3 Å². The van der Waals surface area contributed by atoms with Crippen molar-refractivity contribution in [1.82, 2.24) is 0 Å². The first kappa shape index (κ1) is 16.7. The van der Waals surface area contributed by atoms with Gasteiger partial charge < -0.3 is 4.74 Å². The molecule has 0 saturated carbocycles. The summed E-state index contributed by atoms with van der Waals surface area (Å²) in [6.45, 7) is 5.59. The number of hydrogen-bond acceptors (Lipinski definition) is 2. The SMILES string of the molecule is CC=CC=CC(=CCCCCCCC)OC(C)=O. The Morgan fingerprint density at radius 1 is 1.11 bits per heavy atom. The maximum Gasteiger partial charge on any atom is 0.308 e. The van der Waals surface area contributed by atoms with E-state index in [0.717, 1.165) is 12.8 Å². The fourth-order valence-electron chi connectivity index (χ4n) is 1.56. The van der Waals surface area contributed by atoms with Crippen LogP contribution in [-0.4, -0.2) is 5.97 Å². The Hall–Kier alpha value is -1.31. The molecule has 0 aliphatic carbocycles. The summed E-state index contributed by atoms with van der Waals surface area (Å²) in [6.07, 6.45) is 16.8. The lowest BCUT2D eigenvalue weighted by Gasteiger charge is -2.02. The number of ether oxygens (including phenoxy) is 1. The van der Waals surface area contributed by atoms with Crippen molar-refractivity contribution in [1.29, 1.82) is 0 Å². The van der Waals surface area contributed by atoms with Crippen LogP contribution in [0.2, 0.25) is 0 Å². The molecule has 102 valence electrons. The van der Waals surface area contributed by atoms with Crippen molar-refractivity contribution in [2.75, 3.05) is 0 Å². The van der Waals surface area contributed by atoms with Crippen LogP contribution in [-0.2, 0) is 9.53 Å². The van der Waals surface area contributed by atoms with Crippen molar-refractivity contribution in [3.63, 3.8) is 0 Å². The molecule has 0 spiro atoms. The van der Waals surface area contributed by atoms with Gasteiger partial charge in [0, 0.05) is 6.92 Å². The molecule has 0 atom stereocenters. The van der Waals surface area contributed by atoms with Crippen LogP contribution in [0.1, 0.15) is 59.3 Å². The molecule has 2 heteroatoms. The molecule has 0 aromatic carbocycles. The van der Waals surface area contributed by atoms with Crippen LogP contribution < -0.4 is 0 Å². The van der Waals surface area contributed by atoms with E-state index < -0.39 is 0 Å². The fourth-order valence-corrected chi connectivity index (χ4v) is 1.56. The van der Waals surface area contributed by atoms with E-state index in [1.807, 2.05) is 37.3 Å². The van der Waals surface area contributed by atoms with E-state index in [1.54, 1.807) is 0 Å². The second-order valence-electron chi connectivity index (χ2n) is 4.29. The summed E-state index contributed by atoms with van der Waals surface area (Å²) in [5, 5.41) is 0. The smallest absolute Gasteiger partial charge is 0.308 e. The predicted octanol–water partition coefficient (Wildman–Crippen LogP) is 4.93. The van der Waals surface area contributed by atoms with Gasteiger partial charge in [0.15, 0.2) is 0 Å². The predicted molar refractivity (Wildman–Crippen MR) is 77.2 cm³/mol. The molecule has 0 aromatic rings. The average molecular weight is 250 g/mol. The van der Waals surface area contributed by atoms with Crippen LogP contribution in [0.4, 0.5) is 0 Å². The highest BCUT2D eigenvalue weighted by Crippen LogP contribution is 2.09. The minimum atomic E-state index is -0.266. The molecule has 0 amide bonds. The zero-order chi connectivity index (χ0) is 13.6. The molecule has 0 aromatic heterocycles. The van der Waals surface area contributed by atoms with Crippen LogP contribution in [0.15, 0.2) is 36.1 Å². The molecule has 0 heterocycles. The number of carbonyl (C=O) groups is 1. The van der Waals surface area contributed by atoms with Crippen molar-refractivity contribution in [2.24, 2.45) is 0 Å². The minimum Gasteiger partial charge on any atom is -0.427 e. The Labute approximate surface area is 111 Å². The number of allylic oxidation sites excluding steroid dienone is 5. The summed E-state index contributed by atoms with van der Waals surface area (Å²) in [6, 6.07) is 0. The molecule has 0 radical (unpaired) electrons. The van der Waals surface area contributed by atoms with Crippen LogP contribution in [0.3, 0.4) is 0 Å². The Kier molecular flexibility index (Phi) is 11.3. The van der Waals surface area contributed by atoms with Crippen molar-refractivity contribution in [3.05, 3.63) is 36.1 Å². The van der Waals surface area contributed by atoms with Crippen molar-refractivity contribution in [3.8, 4) is 0 Å². The van der Waals surface area contributed by atoms with Gasteiger partial charge in [0.1, 0.15) is 5.76 Å². The van der Waals surface area contributed by atoms with Gasteiger partial charge in [0.2, 0.25) is 0 Å². The maximum absolute atomic E-state index is 10.9. The van der Waals surface area contributed by atoms with E-state index in [-0.39, 0.29) is 5.97 Å². The van der Waals surface area contributed by atoms with E-state index >= 15 is 0 Å². The summed E-state index contributed by atoms with van der Waals surface area (Å²) in [4.78, 5) is 10.9. The first-order chi connectivity index (χ1) is 8.70. The summed E-state index contributed by atoms with van der Waals surface area (Å²) >= 11 is 0. The normalized spacial score (nSPS) is 12.5. The maximum atomic E-state index is 10.9. The first-order valence-corrected chi connectivity index (χ1v) is 6.88. The highest BCUT2D eigenvalue weighted by atomic mass is 16.5. The number of hydrogen-bond donors (Lipinski definition) is 0. The lowest BCUT2D eigenvalue weighted by Crippen LogP contribution is -1.96. The zero-order valence-corrected chi connectivity index (χ0v) is 11.9. The molecule has 0 aliphatic heterocycles. The molecular weight excluding hydrogens is 224 g/mol. The Bertz CT molecular complexity index is 298. The van der Waals surface area contributed by atoms with E-state index in [0.29, 0.717) is 5.76 Å². The van der Waals surface area contributed by atoms with Gasteiger partial charge in [-0.25, -0.2) is 0 Å². The summed E-state index contributed by atoms with van der Waals surface area (Å²) in [5.41, 5.74) is 0. The monoisotopic (exact) mass is 250 g/mol. The second kappa shape index (κ2) is 12.2. The van der Waals surface area contributed by atoms with Gasteiger partial charge >= 0.3 is 5.97 Å². The molecule has 2 nitrogen and oxygen atoms in total. The van der Waals surface area contributed by atoms with Gasteiger partial charge in [-0.2, -0.15) is 0 Å². The molecular formula is C16H26O2. The number of esters is 1. The largest absolute Gasteiger partial charge is 0.427 e. The third-order valence-corrected chi connectivity index (χ3v) is 2.48. The van der Waals surface area contributed by atoms with Gasteiger partial charge in [0.05, 0.1) is 0 Å². The van der Waals surface area contributed by atoms with Gasteiger partial charge in [-0.1, -0.05) is 50.8 Å². The van der Waals surface area contributed by atoms with Crippen molar-refractivity contribution in [2.45, 2.75) is 59.3 Å². The Balaban J connectivity index is 4.07. The molecule has 0 fully saturated rings. The Morgan fingerprint density at radius 3 is 2.44 bits per heavy atom. The molecule has 0 aliphatic rings. The lowest BCUT2D eigenvalue weighted by molar-refractivity contribution is -0.136. The van der Waals surface area contributed by atoms with Crippen molar-refractivity contribution >= 4 is 5.97 Å². The molecule has 0 bridgehead atoms. The number of rotatable bonds is 9. The lowest BCUT2D eigenvalue weighted by atomic mass is 10.1. The molecule has 0 saturated heterocycles. The molecule has 0 N–H and O–H groups in total. The van der Waals surface area contributed by atoms with Gasteiger partial charge in [0.25, 0.3) is 0 Å². The zero-order valence-electron chi connectivity index (χ0n) is 11.9. The van der Waals surface area contributed by atoms with Gasteiger partial charge in [-0.05, 0) is 31.9 Å². The fraction of sp³-hybridized carbons (Fsp3) is 0.562. The standard InChI is InChI=1S/C16H26O2/c1-4-6-8-9-10-12-14-16(18-15(3)17)13-11-7-5-2/h5,7,11,13-14H,4,6,8-10,12H2,1-3H3. The van der Waals surface area contributed by atoms with E-state index in [9.17, 15) is 4.79 Å². The quantitative estimate of drug-likeness (QED) is 0.251. The summed E-state index contributed by atoms with van der Waals surface area (Å²) < 4.78 is 5.13. The molecule has 18 heavy (non-hydrogen) atoms. The third kappa shape index (κ3) is 11.2. The molecule has 0 rings (SSSR count).